The number of hydrogen-bond acceptors (Lipinski definition) is 6. The summed E-state index contributed by atoms with van der Waals surface area (Å²) < 4.78 is 0. The van der Waals surface area contributed by atoms with E-state index < -0.39 is 17.2 Å². The molecular weight excluding hydrogens is 334 g/mol. The van der Waals surface area contributed by atoms with E-state index in [4.69, 9.17) is 29.4 Å². The molecule has 0 rings (SSSR count). The average Bonchev–Trinajstić information content (AvgIpc) is 1.25. The summed E-state index contributed by atoms with van der Waals surface area (Å²) in [7, 11) is -6.74. The first-order valence-electron chi connectivity index (χ1n) is 1.10. The van der Waals surface area contributed by atoms with Crippen LogP contribution in [0, 0.1) is 0 Å². The molecule has 0 saturated heterocycles. The first-order chi connectivity index (χ1) is 3.46. The van der Waals surface area contributed by atoms with Gasteiger partial charge in [-0.3, -0.25) is 0 Å². The smallest absolute Gasteiger partial charge is 0.854 e. The Balaban J connectivity index is -0.0000000171. The molecule has 0 aromatic carbocycles. The van der Waals surface area contributed by atoms with E-state index in [2.05, 4.69) is 0 Å². The van der Waals surface area contributed by atoms with E-state index in [1.807, 2.05) is 0 Å². The van der Waals surface area contributed by atoms with Gasteiger partial charge in [-0.2, -0.15) is 0 Å². The topological polar surface area (TPSA) is 138 Å². The van der Waals surface area contributed by atoms with Crippen LogP contribution in [0.4, 0.5) is 0 Å². The van der Waals surface area contributed by atoms with Crippen LogP contribution in [0.3, 0.4) is 0 Å². The third kappa shape index (κ3) is 280. The standard InChI is InChI=1S/3Ni.2O3P/c;;;2*1-4(2)3/q3*+2;2*-3. The van der Waals surface area contributed by atoms with Crippen molar-refractivity contribution in [2.24, 2.45) is 0 Å². The fraction of sp³-hybridized carbons (Fsp3) is 0. The minimum absolute atomic E-state index is 0. The molecule has 0 bridgehead atoms. The summed E-state index contributed by atoms with van der Waals surface area (Å²) >= 11 is 0. The Bertz CT molecular complexity index is 31.3. The van der Waals surface area contributed by atoms with Crippen LogP contribution in [0.2, 0.25) is 0 Å². The summed E-state index contributed by atoms with van der Waals surface area (Å²) in [6.07, 6.45) is 0. The second-order valence-electron chi connectivity index (χ2n) is 0.447. The third-order valence-corrected chi connectivity index (χ3v) is 0. The first kappa shape index (κ1) is 29.2. The molecule has 6 nitrogen and oxygen atoms in total. The molecular formula is Ni3O6P2. The SMILES string of the molecule is [Ni+2].[Ni+2].[Ni+2].[O-]P([O-])[O-].[O-]P([O-])[O-]. The molecule has 0 aromatic rings. The van der Waals surface area contributed by atoms with Gasteiger partial charge in [-0.25, -0.2) is 0 Å². The van der Waals surface area contributed by atoms with Crippen molar-refractivity contribution in [3.05, 3.63) is 0 Å². The van der Waals surface area contributed by atoms with Gasteiger partial charge in [0.25, 0.3) is 0 Å². The van der Waals surface area contributed by atoms with Gasteiger partial charge in [0.2, 0.25) is 0 Å². The molecule has 11 heavy (non-hydrogen) atoms. The maximum Gasteiger partial charge on any atom is 2.00 e. The maximum atomic E-state index is 8.48. The average molecular weight is 334 g/mol. The largest absolute Gasteiger partial charge is 2.00 e. The minimum Gasteiger partial charge on any atom is -0.854 e. The molecule has 76 valence electrons. The molecule has 0 heterocycles. The fourth-order valence-corrected chi connectivity index (χ4v) is 0. The fourth-order valence-electron chi connectivity index (χ4n) is 0. The van der Waals surface area contributed by atoms with Crippen LogP contribution in [0.1, 0.15) is 0 Å². The molecule has 0 N–H and O–H groups in total. The van der Waals surface area contributed by atoms with Gasteiger partial charge in [0.1, 0.15) is 0 Å². The van der Waals surface area contributed by atoms with Crippen LogP contribution >= 0.6 is 17.2 Å². The van der Waals surface area contributed by atoms with Crippen molar-refractivity contribution < 1.29 is 78.8 Å². The van der Waals surface area contributed by atoms with Crippen LogP contribution in [0.25, 0.3) is 0 Å². The Hall–Kier alpha value is 2.10. The van der Waals surface area contributed by atoms with E-state index in [1.165, 1.54) is 0 Å². The Morgan fingerprint density at radius 2 is 0.455 bits per heavy atom. The van der Waals surface area contributed by atoms with Gasteiger partial charge in [0, 0.05) is 0 Å². The summed E-state index contributed by atoms with van der Waals surface area (Å²) in [6, 6.07) is 0. The number of hydrogen-bond donors (Lipinski definition) is 0. The number of rotatable bonds is 0. The van der Waals surface area contributed by atoms with Gasteiger partial charge in [0.15, 0.2) is 0 Å². The Morgan fingerprint density at radius 1 is 0.455 bits per heavy atom. The molecule has 0 spiro atoms. The quantitative estimate of drug-likeness (QED) is 0.320. The molecule has 0 amide bonds. The van der Waals surface area contributed by atoms with Gasteiger partial charge >= 0.3 is 49.5 Å². The second kappa shape index (κ2) is 22.7. The van der Waals surface area contributed by atoms with Gasteiger partial charge in [0.05, 0.1) is 0 Å². The van der Waals surface area contributed by atoms with Crippen molar-refractivity contribution in [1.82, 2.24) is 0 Å². The summed E-state index contributed by atoms with van der Waals surface area (Å²) in [4.78, 5) is 50.9. The Morgan fingerprint density at radius 3 is 0.455 bits per heavy atom. The third-order valence-electron chi connectivity index (χ3n) is 0. The zero-order valence-corrected chi connectivity index (χ0v) is 9.04. The van der Waals surface area contributed by atoms with Crippen molar-refractivity contribution in [2.45, 2.75) is 0 Å². The summed E-state index contributed by atoms with van der Waals surface area (Å²) in [6.45, 7) is 0. The van der Waals surface area contributed by atoms with Crippen molar-refractivity contribution in [3.63, 3.8) is 0 Å². The molecule has 0 fully saturated rings. The molecule has 0 radical (unpaired) electrons. The molecule has 0 aromatic heterocycles. The van der Waals surface area contributed by atoms with Crippen molar-refractivity contribution in [3.8, 4) is 0 Å². The minimum atomic E-state index is -3.37. The van der Waals surface area contributed by atoms with Crippen LogP contribution < -0.4 is 29.4 Å². The molecule has 0 aliphatic carbocycles. The summed E-state index contributed by atoms with van der Waals surface area (Å²) in [5.74, 6) is 0. The molecule has 0 unspecified atom stereocenters. The normalized spacial score (nSPS) is 6.55. The summed E-state index contributed by atoms with van der Waals surface area (Å²) in [5.41, 5.74) is 0. The Labute approximate surface area is 95.8 Å². The predicted molar refractivity (Wildman–Crippen MR) is 13.8 cm³/mol. The van der Waals surface area contributed by atoms with E-state index >= 15 is 0 Å². The first-order valence-corrected chi connectivity index (χ1v) is 3.29. The Kier molecular flexibility index (Phi) is 60.4. The molecule has 11 heteroatoms. The van der Waals surface area contributed by atoms with Gasteiger partial charge in [-0.1, -0.05) is 0 Å². The van der Waals surface area contributed by atoms with Crippen LogP contribution in [0.15, 0.2) is 0 Å². The van der Waals surface area contributed by atoms with Crippen molar-refractivity contribution >= 4 is 17.2 Å². The molecule has 0 aliphatic rings. The monoisotopic (exact) mass is 332 g/mol. The van der Waals surface area contributed by atoms with Crippen LogP contribution in [0.5, 0.6) is 0 Å². The zero-order valence-electron chi connectivity index (χ0n) is 4.29. The van der Waals surface area contributed by atoms with E-state index in [9.17, 15) is 0 Å². The van der Waals surface area contributed by atoms with E-state index in [-0.39, 0.29) is 49.5 Å². The zero-order chi connectivity index (χ0) is 7.15. The van der Waals surface area contributed by atoms with Gasteiger partial charge in [-0.15, -0.1) is 0 Å². The molecule has 0 atom stereocenters. The maximum absolute atomic E-state index is 8.48. The van der Waals surface area contributed by atoms with E-state index in [0.29, 0.717) is 0 Å². The van der Waals surface area contributed by atoms with Gasteiger partial charge in [-0.05, 0) is 0 Å². The van der Waals surface area contributed by atoms with E-state index in [0.717, 1.165) is 0 Å². The van der Waals surface area contributed by atoms with Gasteiger partial charge < -0.3 is 46.6 Å². The van der Waals surface area contributed by atoms with Crippen molar-refractivity contribution in [2.75, 3.05) is 0 Å². The van der Waals surface area contributed by atoms with Crippen LogP contribution in [-0.2, 0) is 49.5 Å². The molecule has 0 aliphatic heterocycles. The van der Waals surface area contributed by atoms with E-state index in [1.54, 1.807) is 0 Å². The molecule has 0 saturated carbocycles. The predicted octanol–water partition coefficient (Wildman–Crippen LogP) is -5.42. The summed E-state index contributed by atoms with van der Waals surface area (Å²) in [5, 5.41) is 0. The van der Waals surface area contributed by atoms with Crippen molar-refractivity contribution in [1.29, 1.82) is 0 Å². The van der Waals surface area contributed by atoms with Crippen LogP contribution in [-0.4, -0.2) is 0 Å². The second-order valence-corrected chi connectivity index (χ2v) is 1.34.